The maximum Gasteiger partial charge on any atom is 0.184 e. The predicted octanol–water partition coefficient (Wildman–Crippen LogP) is 4.72. The second kappa shape index (κ2) is 8.23. The average molecular weight is 432 g/mol. The third-order valence-corrected chi connectivity index (χ3v) is 6.10. The van der Waals surface area contributed by atoms with E-state index in [-0.39, 0.29) is 0 Å². The van der Waals surface area contributed by atoms with Crippen molar-refractivity contribution in [2.75, 3.05) is 19.5 Å². The number of thiazole rings is 1. The second-order valence-corrected chi connectivity index (χ2v) is 8.13. The standard InChI is InChI=1S/C23H21N5O2S/c1-29-20-10-18-19(11-21(20)30-2)28(14-26-18)13-16-3-4-17-22(9-16)31-23(27-17)25-12-15-5-7-24-8-6-15/h3-11,14H,12-13H2,1-2H3,(H,25,27). The number of nitrogens with zero attached hydrogens (tertiary/aromatic N) is 4. The molecule has 0 bridgehead atoms. The lowest BCUT2D eigenvalue weighted by Crippen LogP contribution is -1.98. The first-order valence-electron chi connectivity index (χ1n) is 9.82. The van der Waals surface area contributed by atoms with Gasteiger partial charge >= 0.3 is 0 Å². The molecule has 5 rings (SSSR count). The molecule has 8 heteroatoms. The third kappa shape index (κ3) is 3.89. The molecule has 0 atom stereocenters. The van der Waals surface area contributed by atoms with Crippen molar-refractivity contribution in [2.45, 2.75) is 13.1 Å². The fourth-order valence-corrected chi connectivity index (χ4v) is 4.45. The Morgan fingerprint density at radius 3 is 2.55 bits per heavy atom. The van der Waals surface area contributed by atoms with Gasteiger partial charge in [-0.2, -0.15) is 0 Å². The first-order valence-corrected chi connectivity index (χ1v) is 10.6. The van der Waals surface area contributed by atoms with Gasteiger partial charge in [-0.3, -0.25) is 4.98 Å². The molecule has 0 aliphatic carbocycles. The second-order valence-electron chi connectivity index (χ2n) is 7.10. The zero-order valence-corrected chi connectivity index (χ0v) is 18.0. The molecule has 3 heterocycles. The van der Waals surface area contributed by atoms with Crippen molar-refractivity contribution in [3.63, 3.8) is 0 Å². The Hall–Kier alpha value is -3.65. The van der Waals surface area contributed by atoms with Crippen molar-refractivity contribution in [3.8, 4) is 11.5 Å². The van der Waals surface area contributed by atoms with Crippen molar-refractivity contribution in [1.82, 2.24) is 19.5 Å². The first kappa shape index (κ1) is 19.3. The summed E-state index contributed by atoms with van der Waals surface area (Å²) in [7, 11) is 3.27. The summed E-state index contributed by atoms with van der Waals surface area (Å²) in [6.07, 6.45) is 5.45. The van der Waals surface area contributed by atoms with Crippen LogP contribution in [0, 0.1) is 0 Å². The van der Waals surface area contributed by atoms with Crippen LogP contribution in [0.25, 0.3) is 21.3 Å². The lowest BCUT2D eigenvalue weighted by molar-refractivity contribution is 0.355. The van der Waals surface area contributed by atoms with Gasteiger partial charge in [0.2, 0.25) is 0 Å². The highest BCUT2D eigenvalue weighted by Crippen LogP contribution is 2.32. The maximum atomic E-state index is 5.45. The maximum absolute atomic E-state index is 5.45. The molecule has 0 saturated heterocycles. The molecule has 156 valence electrons. The Balaban J connectivity index is 1.38. The molecule has 0 saturated carbocycles. The van der Waals surface area contributed by atoms with Gasteiger partial charge in [-0.1, -0.05) is 17.4 Å². The molecule has 0 unspecified atom stereocenters. The Kier molecular flexibility index (Phi) is 5.13. The van der Waals surface area contributed by atoms with E-state index in [2.05, 4.69) is 38.1 Å². The van der Waals surface area contributed by atoms with E-state index in [1.54, 1.807) is 38.0 Å². The van der Waals surface area contributed by atoms with E-state index >= 15 is 0 Å². The van der Waals surface area contributed by atoms with Crippen LogP contribution in [0.1, 0.15) is 11.1 Å². The molecule has 31 heavy (non-hydrogen) atoms. The molecular formula is C23H21N5O2S. The number of hydrogen-bond acceptors (Lipinski definition) is 7. The largest absolute Gasteiger partial charge is 0.493 e. The summed E-state index contributed by atoms with van der Waals surface area (Å²) in [6.45, 7) is 1.43. The van der Waals surface area contributed by atoms with Gasteiger partial charge in [0.15, 0.2) is 16.6 Å². The van der Waals surface area contributed by atoms with Crippen LogP contribution in [-0.2, 0) is 13.1 Å². The highest BCUT2D eigenvalue weighted by atomic mass is 32.1. The smallest absolute Gasteiger partial charge is 0.184 e. The highest BCUT2D eigenvalue weighted by Gasteiger charge is 2.11. The van der Waals surface area contributed by atoms with Crippen molar-refractivity contribution < 1.29 is 9.47 Å². The number of rotatable bonds is 7. The number of benzene rings is 2. The minimum absolute atomic E-state index is 0.679. The van der Waals surface area contributed by atoms with Gasteiger partial charge in [0.05, 0.1) is 41.8 Å². The lowest BCUT2D eigenvalue weighted by atomic mass is 10.2. The zero-order valence-electron chi connectivity index (χ0n) is 17.2. The Bertz CT molecular complexity index is 1350. The van der Waals surface area contributed by atoms with Crippen LogP contribution >= 0.6 is 11.3 Å². The summed E-state index contributed by atoms with van der Waals surface area (Å²) in [6, 6.07) is 14.2. The van der Waals surface area contributed by atoms with Crippen LogP contribution in [0.3, 0.4) is 0 Å². The Morgan fingerprint density at radius 1 is 0.935 bits per heavy atom. The number of nitrogens with one attached hydrogen (secondary N) is 1. The molecule has 3 aromatic heterocycles. The van der Waals surface area contributed by atoms with E-state index in [4.69, 9.17) is 14.5 Å². The third-order valence-electron chi connectivity index (χ3n) is 5.13. The molecule has 0 aliphatic heterocycles. The quantitative estimate of drug-likeness (QED) is 0.402. The van der Waals surface area contributed by atoms with E-state index in [9.17, 15) is 0 Å². The normalized spacial score (nSPS) is 11.2. The van der Waals surface area contributed by atoms with Crippen LogP contribution in [0.2, 0.25) is 0 Å². The summed E-state index contributed by atoms with van der Waals surface area (Å²) < 4.78 is 14.1. The monoisotopic (exact) mass is 431 g/mol. The molecule has 7 nitrogen and oxygen atoms in total. The summed E-state index contributed by atoms with van der Waals surface area (Å²) in [5, 5.41) is 4.31. The molecule has 5 aromatic rings. The number of pyridine rings is 1. The number of anilines is 1. The molecule has 0 spiro atoms. The van der Waals surface area contributed by atoms with Gasteiger partial charge in [0.25, 0.3) is 0 Å². The van der Waals surface area contributed by atoms with Gasteiger partial charge in [-0.25, -0.2) is 9.97 Å². The highest BCUT2D eigenvalue weighted by molar-refractivity contribution is 7.22. The number of fused-ring (bicyclic) bond motifs is 2. The molecule has 0 amide bonds. The van der Waals surface area contributed by atoms with E-state index in [0.717, 1.165) is 32.9 Å². The van der Waals surface area contributed by atoms with Gasteiger partial charge in [0.1, 0.15) is 0 Å². The lowest BCUT2D eigenvalue weighted by Gasteiger charge is -2.09. The van der Waals surface area contributed by atoms with Gasteiger partial charge in [-0.15, -0.1) is 0 Å². The number of methoxy groups -OCH3 is 2. The van der Waals surface area contributed by atoms with Crippen molar-refractivity contribution >= 4 is 37.7 Å². The minimum Gasteiger partial charge on any atom is -0.493 e. The molecule has 0 radical (unpaired) electrons. The van der Waals surface area contributed by atoms with E-state index in [1.807, 2.05) is 30.6 Å². The molecule has 1 N–H and O–H groups in total. The molecule has 0 aliphatic rings. The van der Waals surface area contributed by atoms with Crippen molar-refractivity contribution in [1.29, 1.82) is 0 Å². The number of imidazole rings is 1. The number of aromatic nitrogens is 4. The fraction of sp³-hybridized carbons (Fsp3) is 0.174. The Morgan fingerprint density at radius 2 is 1.74 bits per heavy atom. The minimum atomic E-state index is 0.679. The van der Waals surface area contributed by atoms with Crippen molar-refractivity contribution in [3.05, 3.63) is 72.3 Å². The van der Waals surface area contributed by atoms with E-state index in [1.165, 1.54) is 11.1 Å². The first-order chi connectivity index (χ1) is 15.2. The molecule has 2 aromatic carbocycles. The summed E-state index contributed by atoms with van der Waals surface area (Å²) in [4.78, 5) is 13.3. The summed E-state index contributed by atoms with van der Waals surface area (Å²) in [5.74, 6) is 1.37. The summed E-state index contributed by atoms with van der Waals surface area (Å²) in [5.41, 5.74) is 5.23. The van der Waals surface area contributed by atoms with E-state index < -0.39 is 0 Å². The SMILES string of the molecule is COc1cc2ncn(Cc3ccc4nc(NCc5ccncc5)sc4c3)c2cc1OC. The fourth-order valence-electron chi connectivity index (χ4n) is 3.53. The van der Waals surface area contributed by atoms with Gasteiger partial charge in [0, 0.05) is 37.6 Å². The van der Waals surface area contributed by atoms with Crippen molar-refractivity contribution in [2.24, 2.45) is 0 Å². The number of hydrogen-bond donors (Lipinski definition) is 1. The van der Waals surface area contributed by atoms with Crippen LogP contribution < -0.4 is 14.8 Å². The Labute approximate surface area is 183 Å². The van der Waals surface area contributed by atoms with Crippen LogP contribution in [-0.4, -0.2) is 33.7 Å². The molecule has 0 fully saturated rings. The van der Waals surface area contributed by atoms with Crippen LogP contribution in [0.15, 0.2) is 61.2 Å². The van der Waals surface area contributed by atoms with E-state index in [0.29, 0.717) is 18.0 Å². The topological polar surface area (TPSA) is 74.1 Å². The molecular weight excluding hydrogens is 410 g/mol. The summed E-state index contributed by atoms with van der Waals surface area (Å²) >= 11 is 1.66. The predicted molar refractivity (Wildman–Crippen MR) is 123 cm³/mol. The zero-order chi connectivity index (χ0) is 21.2. The van der Waals surface area contributed by atoms with Gasteiger partial charge < -0.3 is 19.4 Å². The van der Waals surface area contributed by atoms with Crippen LogP contribution in [0.4, 0.5) is 5.13 Å². The average Bonchev–Trinajstić information content (AvgIpc) is 3.40. The number of ether oxygens (including phenoxy) is 2. The van der Waals surface area contributed by atoms with Gasteiger partial charge in [-0.05, 0) is 35.4 Å². The van der Waals surface area contributed by atoms with Crippen LogP contribution in [0.5, 0.6) is 11.5 Å².